The summed E-state index contributed by atoms with van der Waals surface area (Å²) >= 11 is 5.47. The van der Waals surface area contributed by atoms with Gasteiger partial charge in [0.25, 0.3) is 5.56 Å². The number of fused-ring (bicyclic) bond motifs is 1. The van der Waals surface area contributed by atoms with Crippen molar-refractivity contribution in [3.8, 4) is 0 Å². The third kappa shape index (κ3) is 4.05. The average Bonchev–Trinajstić information content (AvgIpc) is 3.35. The lowest BCUT2D eigenvalue weighted by molar-refractivity contribution is 0.173. The highest BCUT2D eigenvalue weighted by Gasteiger charge is 2.24. The molecule has 23 heavy (non-hydrogen) atoms. The van der Waals surface area contributed by atoms with E-state index in [1.54, 1.807) is 13.2 Å². The molecule has 1 aromatic carbocycles. The van der Waals surface area contributed by atoms with Crippen LogP contribution >= 0.6 is 12.2 Å². The fourth-order valence-electron chi connectivity index (χ4n) is 2.34. The van der Waals surface area contributed by atoms with Crippen molar-refractivity contribution in [1.82, 2.24) is 20.2 Å². The summed E-state index contributed by atoms with van der Waals surface area (Å²) in [5, 5.41) is 4.59. The van der Waals surface area contributed by atoms with Crippen molar-refractivity contribution in [2.75, 3.05) is 20.3 Å². The molecule has 1 aliphatic rings. The normalized spacial score (nSPS) is 14.0. The van der Waals surface area contributed by atoms with Crippen LogP contribution in [0.3, 0.4) is 0 Å². The summed E-state index contributed by atoms with van der Waals surface area (Å²) in [7, 11) is 1.66. The Bertz CT molecular complexity index is 757. The van der Waals surface area contributed by atoms with Gasteiger partial charge in [0.15, 0.2) is 5.11 Å². The SMILES string of the molecule is COCCN(Cc1nc2ccccc2c(=O)[nH]1)C(=S)NC1CC1. The van der Waals surface area contributed by atoms with E-state index in [2.05, 4.69) is 15.3 Å². The van der Waals surface area contributed by atoms with E-state index in [9.17, 15) is 4.79 Å². The van der Waals surface area contributed by atoms with Gasteiger partial charge >= 0.3 is 0 Å². The van der Waals surface area contributed by atoms with Gasteiger partial charge in [0.1, 0.15) is 5.82 Å². The fourth-order valence-corrected chi connectivity index (χ4v) is 2.66. The van der Waals surface area contributed by atoms with E-state index >= 15 is 0 Å². The number of para-hydroxylation sites is 1. The average molecular weight is 332 g/mol. The maximum Gasteiger partial charge on any atom is 0.258 e. The van der Waals surface area contributed by atoms with Crippen LogP contribution in [0.15, 0.2) is 29.1 Å². The summed E-state index contributed by atoms with van der Waals surface area (Å²) in [5.74, 6) is 0.602. The first kappa shape index (κ1) is 15.9. The molecule has 0 atom stereocenters. The van der Waals surface area contributed by atoms with E-state index in [1.807, 2.05) is 23.1 Å². The second kappa shape index (κ2) is 7.06. The van der Waals surface area contributed by atoms with Gasteiger partial charge in [0, 0.05) is 19.7 Å². The second-order valence-corrected chi connectivity index (χ2v) is 6.05. The summed E-state index contributed by atoms with van der Waals surface area (Å²) in [5.41, 5.74) is 0.567. The topological polar surface area (TPSA) is 70.2 Å². The molecule has 0 saturated heterocycles. The third-order valence-electron chi connectivity index (χ3n) is 3.76. The molecule has 0 radical (unpaired) electrons. The Labute approximate surface area is 139 Å². The van der Waals surface area contributed by atoms with Crippen molar-refractivity contribution in [2.45, 2.75) is 25.4 Å². The Kier molecular flexibility index (Phi) is 4.88. The Morgan fingerprint density at radius 3 is 3.00 bits per heavy atom. The molecule has 0 amide bonds. The van der Waals surface area contributed by atoms with Gasteiger partial charge in [0.05, 0.1) is 24.1 Å². The minimum absolute atomic E-state index is 0.127. The maximum atomic E-state index is 12.2. The zero-order chi connectivity index (χ0) is 16.2. The number of hydrogen-bond donors (Lipinski definition) is 2. The highest BCUT2D eigenvalue weighted by molar-refractivity contribution is 7.80. The Morgan fingerprint density at radius 2 is 2.26 bits per heavy atom. The van der Waals surface area contributed by atoms with E-state index in [0.717, 1.165) is 12.8 Å². The predicted molar refractivity (Wildman–Crippen MR) is 93.4 cm³/mol. The van der Waals surface area contributed by atoms with Crippen molar-refractivity contribution >= 4 is 28.2 Å². The molecule has 0 spiro atoms. The highest BCUT2D eigenvalue weighted by Crippen LogP contribution is 2.19. The second-order valence-electron chi connectivity index (χ2n) is 5.67. The van der Waals surface area contributed by atoms with Gasteiger partial charge < -0.3 is 19.9 Å². The van der Waals surface area contributed by atoms with Gasteiger partial charge in [-0.25, -0.2) is 4.98 Å². The minimum Gasteiger partial charge on any atom is -0.383 e. The van der Waals surface area contributed by atoms with Crippen LogP contribution in [0.5, 0.6) is 0 Å². The summed E-state index contributed by atoms with van der Waals surface area (Å²) in [6, 6.07) is 7.80. The summed E-state index contributed by atoms with van der Waals surface area (Å²) in [6.07, 6.45) is 2.31. The quantitative estimate of drug-likeness (QED) is 0.780. The molecule has 1 fully saturated rings. The monoisotopic (exact) mass is 332 g/mol. The number of aromatic amines is 1. The number of aromatic nitrogens is 2. The minimum atomic E-state index is -0.127. The molecule has 3 rings (SSSR count). The summed E-state index contributed by atoms with van der Waals surface area (Å²) in [4.78, 5) is 21.5. The van der Waals surface area contributed by atoms with Gasteiger partial charge in [-0.1, -0.05) is 12.1 Å². The van der Waals surface area contributed by atoms with Crippen LogP contribution < -0.4 is 10.9 Å². The van der Waals surface area contributed by atoms with Crippen LogP contribution in [0.4, 0.5) is 0 Å². The number of nitrogens with one attached hydrogen (secondary N) is 2. The molecule has 6 nitrogen and oxygen atoms in total. The van der Waals surface area contributed by atoms with Crippen molar-refractivity contribution in [3.63, 3.8) is 0 Å². The number of hydrogen-bond acceptors (Lipinski definition) is 4. The lowest BCUT2D eigenvalue weighted by Crippen LogP contribution is -2.42. The first-order chi connectivity index (χ1) is 11.2. The van der Waals surface area contributed by atoms with Crippen LogP contribution in [-0.4, -0.2) is 46.3 Å². The largest absolute Gasteiger partial charge is 0.383 e. The molecule has 122 valence electrons. The van der Waals surface area contributed by atoms with E-state index in [1.165, 1.54) is 0 Å². The zero-order valence-electron chi connectivity index (χ0n) is 13.0. The predicted octanol–water partition coefficient (Wildman–Crippen LogP) is 1.41. The Morgan fingerprint density at radius 1 is 1.48 bits per heavy atom. The molecule has 1 heterocycles. The first-order valence-electron chi connectivity index (χ1n) is 7.69. The molecular formula is C16H20N4O2S. The van der Waals surface area contributed by atoms with Gasteiger partial charge in [0.2, 0.25) is 0 Å². The highest BCUT2D eigenvalue weighted by atomic mass is 32.1. The van der Waals surface area contributed by atoms with Gasteiger partial charge in [-0.2, -0.15) is 0 Å². The lowest BCUT2D eigenvalue weighted by Gasteiger charge is -2.25. The molecule has 2 aromatic rings. The molecule has 1 saturated carbocycles. The number of nitrogens with zero attached hydrogens (tertiary/aromatic N) is 2. The maximum absolute atomic E-state index is 12.2. The van der Waals surface area contributed by atoms with Crippen molar-refractivity contribution in [3.05, 3.63) is 40.4 Å². The number of rotatable bonds is 6. The Balaban J connectivity index is 1.80. The van der Waals surface area contributed by atoms with Gasteiger partial charge in [-0.05, 0) is 37.2 Å². The standard InChI is InChI=1S/C16H20N4O2S/c1-22-9-8-20(16(23)17-11-6-7-11)10-14-18-13-5-3-2-4-12(13)15(21)19-14/h2-5,11H,6-10H2,1H3,(H,17,23)(H,18,19,21). The van der Waals surface area contributed by atoms with Crippen LogP contribution in [0.25, 0.3) is 10.9 Å². The lowest BCUT2D eigenvalue weighted by atomic mass is 10.2. The molecule has 2 N–H and O–H groups in total. The van der Waals surface area contributed by atoms with Crippen LogP contribution in [-0.2, 0) is 11.3 Å². The van der Waals surface area contributed by atoms with Crippen LogP contribution in [0, 0.1) is 0 Å². The fraction of sp³-hybridized carbons (Fsp3) is 0.438. The van der Waals surface area contributed by atoms with Crippen LogP contribution in [0.1, 0.15) is 18.7 Å². The molecule has 0 unspecified atom stereocenters. The molecular weight excluding hydrogens is 312 g/mol. The van der Waals surface area contributed by atoms with Crippen LogP contribution in [0.2, 0.25) is 0 Å². The van der Waals surface area contributed by atoms with Crippen molar-refractivity contribution in [1.29, 1.82) is 0 Å². The third-order valence-corrected chi connectivity index (χ3v) is 4.14. The van der Waals surface area contributed by atoms with Gasteiger partial charge in [-0.15, -0.1) is 0 Å². The number of ether oxygens (including phenoxy) is 1. The summed E-state index contributed by atoms with van der Waals surface area (Å²) < 4.78 is 5.15. The van der Waals surface area contributed by atoms with Crippen molar-refractivity contribution < 1.29 is 4.74 Å². The zero-order valence-corrected chi connectivity index (χ0v) is 13.9. The smallest absolute Gasteiger partial charge is 0.258 e. The first-order valence-corrected chi connectivity index (χ1v) is 8.10. The Hall–Kier alpha value is -1.99. The molecule has 1 aliphatic carbocycles. The van der Waals surface area contributed by atoms with Gasteiger partial charge in [-0.3, -0.25) is 4.79 Å². The molecule has 7 heteroatoms. The summed E-state index contributed by atoms with van der Waals surface area (Å²) in [6.45, 7) is 1.65. The van der Waals surface area contributed by atoms with E-state index in [-0.39, 0.29) is 5.56 Å². The van der Waals surface area contributed by atoms with E-state index < -0.39 is 0 Å². The number of thiocarbonyl (C=S) groups is 1. The van der Waals surface area contributed by atoms with E-state index in [4.69, 9.17) is 17.0 Å². The number of benzene rings is 1. The molecule has 0 bridgehead atoms. The molecule has 1 aromatic heterocycles. The number of H-pyrrole nitrogens is 1. The van der Waals surface area contributed by atoms with E-state index in [0.29, 0.717) is 47.6 Å². The van der Waals surface area contributed by atoms with Crippen molar-refractivity contribution in [2.24, 2.45) is 0 Å². The number of methoxy groups -OCH3 is 1. The molecule has 0 aliphatic heterocycles.